The van der Waals surface area contributed by atoms with Gasteiger partial charge in [-0.05, 0) is 48.8 Å². The Morgan fingerprint density at radius 3 is 2.60 bits per heavy atom. The van der Waals surface area contributed by atoms with Crippen LogP contribution in [0.4, 0.5) is 18.9 Å². The summed E-state index contributed by atoms with van der Waals surface area (Å²) in [6.07, 6.45) is 2.06. The SMILES string of the molecule is CCC1(NC(=O)Cc2ccc(C3CC3)cc2)CCN(c2cncc(C(F)(F)F)c2)C1. The van der Waals surface area contributed by atoms with Crippen molar-refractivity contribution in [2.75, 3.05) is 18.0 Å². The molecule has 1 N–H and O–H groups in total. The van der Waals surface area contributed by atoms with Crippen molar-refractivity contribution in [2.24, 2.45) is 0 Å². The van der Waals surface area contributed by atoms with Crippen molar-refractivity contribution < 1.29 is 18.0 Å². The van der Waals surface area contributed by atoms with Crippen molar-refractivity contribution in [1.29, 1.82) is 0 Å². The first-order valence-electron chi connectivity index (χ1n) is 10.4. The summed E-state index contributed by atoms with van der Waals surface area (Å²) >= 11 is 0. The van der Waals surface area contributed by atoms with Gasteiger partial charge in [0.15, 0.2) is 0 Å². The number of aromatic nitrogens is 1. The fourth-order valence-electron chi connectivity index (χ4n) is 4.18. The first-order chi connectivity index (χ1) is 14.3. The van der Waals surface area contributed by atoms with Gasteiger partial charge in [0.2, 0.25) is 5.91 Å². The molecule has 2 aliphatic rings. The maximum atomic E-state index is 13.0. The second-order valence-corrected chi connectivity index (χ2v) is 8.48. The number of pyridine rings is 1. The van der Waals surface area contributed by atoms with Crippen molar-refractivity contribution in [3.05, 3.63) is 59.4 Å². The number of anilines is 1. The standard InChI is InChI=1S/C23H26F3N3O/c1-2-22(28-21(30)11-16-3-5-17(6-4-16)18-7-8-18)9-10-29(15-22)20-12-19(13-27-14-20)23(24,25)26/h3-6,12-14,18H,2,7-11,15H2,1H3,(H,28,30). The minimum atomic E-state index is -4.42. The Morgan fingerprint density at radius 2 is 1.97 bits per heavy atom. The Hall–Kier alpha value is -2.57. The minimum absolute atomic E-state index is 0.0555. The number of nitrogens with one attached hydrogen (secondary N) is 1. The molecule has 1 aliphatic heterocycles. The van der Waals surface area contributed by atoms with Crippen molar-refractivity contribution in [3.63, 3.8) is 0 Å². The summed E-state index contributed by atoms with van der Waals surface area (Å²) in [7, 11) is 0. The number of carbonyl (C=O) groups excluding carboxylic acids is 1. The van der Waals surface area contributed by atoms with Crippen molar-refractivity contribution in [3.8, 4) is 0 Å². The molecule has 1 atom stereocenters. The number of benzene rings is 1. The predicted octanol–water partition coefficient (Wildman–Crippen LogP) is 4.70. The second-order valence-electron chi connectivity index (χ2n) is 8.48. The maximum absolute atomic E-state index is 13.0. The molecule has 4 nitrogen and oxygen atoms in total. The van der Waals surface area contributed by atoms with Gasteiger partial charge in [0.05, 0.1) is 29.4 Å². The number of carbonyl (C=O) groups is 1. The molecule has 30 heavy (non-hydrogen) atoms. The predicted molar refractivity (Wildman–Crippen MR) is 109 cm³/mol. The Kier molecular flexibility index (Phi) is 5.47. The first kappa shape index (κ1) is 20.7. The van der Waals surface area contributed by atoms with Crippen LogP contribution in [-0.2, 0) is 17.4 Å². The quantitative estimate of drug-likeness (QED) is 0.741. The second kappa shape index (κ2) is 7.93. The van der Waals surface area contributed by atoms with E-state index in [1.165, 1.54) is 24.6 Å². The van der Waals surface area contributed by atoms with Crippen molar-refractivity contribution >= 4 is 11.6 Å². The third-order valence-electron chi connectivity index (χ3n) is 6.24. The molecule has 160 valence electrons. The van der Waals surface area contributed by atoms with Crippen molar-refractivity contribution in [2.45, 2.75) is 56.7 Å². The number of alkyl halides is 3. The van der Waals surface area contributed by atoms with Gasteiger partial charge < -0.3 is 10.2 Å². The van der Waals surface area contributed by atoms with E-state index in [9.17, 15) is 18.0 Å². The lowest BCUT2D eigenvalue weighted by Crippen LogP contribution is -2.50. The summed E-state index contributed by atoms with van der Waals surface area (Å²) in [4.78, 5) is 18.3. The first-order valence-corrected chi connectivity index (χ1v) is 10.4. The monoisotopic (exact) mass is 417 g/mol. The molecular weight excluding hydrogens is 391 g/mol. The Morgan fingerprint density at radius 1 is 1.23 bits per heavy atom. The van der Waals surface area contributed by atoms with Gasteiger partial charge >= 0.3 is 6.18 Å². The highest BCUT2D eigenvalue weighted by atomic mass is 19.4. The smallest absolute Gasteiger partial charge is 0.368 e. The largest absolute Gasteiger partial charge is 0.417 e. The Balaban J connectivity index is 1.40. The van der Waals surface area contributed by atoms with Crippen molar-refractivity contribution in [1.82, 2.24) is 10.3 Å². The summed E-state index contributed by atoms with van der Waals surface area (Å²) in [6, 6.07) is 9.37. The van der Waals surface area contributed by atoms with Gasteiger partial charge in [-0.2, -0.15) is 13.2 Å². The molecule has 1 amide bonds. The van der Waals surface area contributed by atoms with Gasteiger partial charge in [0.25, 0.3) is 0 Å². The van der Waals surface area contributed by atoms with Crippen LogP contribution in [0.1, 0.15) is 55.2 Å². The van der Waals surface area contributed by atoms with Crippen LogP contribution in [-0.4, -0.2) is 29.5 Å². The molecule has 2 aromatic rings. The lowest BCUT2D eigenvalue weighted by atomic mass is 9.94. The van der Waals surface area contributed by atoms with Gasteiger partial charge in [-0.15, -0.1) is 0 Å². The number of halogens is 3. The van der Waals surface area contributed by atoms with E-state index in [0.29, 0.717) is 44.0 Å². The zero-order chi connectivity index (χ0) is 21.4. The third-order valence-corrected chi connectivity index (χ3v) is 6.24. The van der Waals surface area contributed by atoms with E-state index in [2.05, 4.69) is 22.4 Å². The zero-order valence-corrected chi connectivity index (χ0v) is 17.0. The zero-order valence-electron chi connectivity index (χ0n) is 17.0. The number of hydrogen-bond acceptors (Lipinski definition) is 3. The summed E-state index contributed by atoms with van der Waals surface area (Å²) in [5, 5.41) is 3.16. The van der Waals surface area contributed by atoms with Crippen LogP contribution >= 0.6 is 0 Å². The number of hydrogen-bond donors (Lipinski definition) is 1. The van der Waals surface area contributed by atoms with Crippen LogP contribution in [0.5, 0.6) is 0 Å². The Labute approximate surface area is 174 Å². The van der Waals surface area contributed by atoms with Gasteiger partial charge in [-0.25, -0.2) is 0 Å². The van der Waals surface area contributed by atoms with Crippen LogP contribution < -0.4 is 10.2 Å². The third kappa shape index (κ3) is 4.60. The lowest BCUT2D eigenvalue weighted by molar-refractivity contribution is -0.137. The van der Waals surface area contributed by atoms with Gasteiger partial charge in [0.1, 0.15) is 0 Å². The van der Waals surface area contributed by atoms with E-state index >= 15 is 0 Å². The van der Waals surface area contributed by atoms with E-state index in [-0.39, 0.29) is 5.91 Å². The molecule has 0 bridgehead atoms. The summed E-state index contributed by atoms with van der Waals surface area (Å²) in [5.41, 5.74) is 1.54. The van der Waals surface area contributed by atoms with E-state index in [1.54, 1.807) is 0 Å². The van der Waals surface area contributed by atoms with Crippen LogP contribution in [0.2, 0.25) is 0 Å². The molecular formula is C23H26F3N3O. The average Bonchev–Trinajstić information content (AvgIpc) is 3.48. The molecule has 1 saturated carbocycles. The molecule has 1 aliphatic carbocycles. The van der Waals surface area contributed by atoms with Crippen LogP contribution in [0, 0.1) is 0 Å². The topological polar surface area (TPSA) is 45.2 Å². The van der Waals surface area contributed by atoms with E-state index in [4.69, 9.17) is 0 Å². The fourth-order valence-corrected chi connectivity index (χ4v) is 4.18. The van der Waals surface area contributed by atoms with Gasteiger partial charge in [-0.1, -0.05) is 31.2 Å². The summed E-state index contributed by atoms with van der Waals surface area (Å²) in [6.45, 7) is 3.05. The molecule has 4 rings (SSSR count). The summed E-state index contributed by atoms with van der Waals surface area (Å²) in [5.74, 6) is 0.631. The molecule has 0 radical (unpaired) electrons. The summed E-state index contributed by atoms with van der Waals surface area (Å²) < 4.78 is 39.0. The molecule has 7 heteroatoms. The number of rotatable bonds is 6. The average molecular weight is 417 g/mol. The van der Waals surface area contributed by atoms with Gasteiger partial charge in [-0.3, -0.25) is 9.78 Å². The fraction of sp³-hybridized carbons (Fsp3) is 0.478. The highest BCUT2D eigenvalue weighted by Gasteiger charge is 2.39. The molecule has 2 heterocycles. The molecule has 2 fully saturated rings. The number of nitrogens with zero attached hydrogens (tertiary/aromatic N) is 2. The molecule has 1 aromatic heterocycles. The molecule has 1 saturated heterocycles. The molecule has 1 aromatic carbocycles. The highest BCUT2D eigenvalue weighted by Crippen LogP contribution is 2.40. The van der Waals surface area contributed by atoms with E-state index in [1.807, 2.05) is 24.0 Å². The van der Waals surface area contributed by atoms with Crippen LogP contribution in [0.3, 0.4) is 0 Å². The van der Waals surface area contributed by atoms with Crippen LogP contribution in [0.15, 0.2) is 42.7 Å². The Bertz CT molecular complexity index is 909. The lowest BCUT2D eigenvalue weighted by Gasteiger charge is -2.30. The van der Waals surface area contributed by atoms with E-state index in [0.717, 1.165) is 17.8 Å². The van der Waals surface area contributed by atoms with E-state index < -0.39 is 17.3 Å². The van der Waals surface area contributed by atoms with Crippen LogP contribution in [0.25, 0.3) is 0 Å². The highest BCUT2D eigenvalue weighted by molar-refractivity contribution is 5.79. The maximum Gasteiger partial charge on any atom is 0.417 e. The molecule has 1 unspecified atom stereocenters. The molecule has 0 spiro atoms. The van der Waals surface area contributed by atoms with Gasteiger partial charge in [0, 0.05) is 19.3 Å². The normalized spacial score (nSPS) is 21.7. The number of amides is 1. The minimum Gasteiger partial charge on any atom is -0.368 e.